The maximum Gasteiger partial charge on any atom is 0.0502 e. The number of aryl methyl sites for hydroxylation is 1. The summed E-state index contributed by atoms with van der Waals surface area (Å²) in [7, 11) is 0. The molecule has 20 heavy (non-hydrogen) atoms. The van der Waals surface area contributed by atoms with Gasteiger partial charge in [0.25, 0.3) is 0 Å². The number of rotatable bonds is 2. The van der Waals surface area contributed by atoms with Crippen LogP contribution in [-0.4, -0.2) is 6.04 Å². The Labute approximate surface area is 134 Å². The van der Waals surface area contributed by atoms with Gasteiger partial charge in [0.05, 0.1) is 5.69 Å². The minimum atomic E-state index is 0.665. The molecular formula is C17H21BrClN. The van der Waals surface area contributed by atoms with Gasteiger partial charge in [-0.15, -0.1) is 0 Å². The van der Waals surface area contributed by atoms with Crippen LogP contribution in [0.2, 0.25) is 5.02 Å². The van der Waals surface area contributed by atoms with Gasteiger partial charge in [-0.1, -0.05) is 11.6 Å². The Bertz CT molecular complexity index is 514. The van der Waals surface area contributed by atoms with E-state index in [2.05, 4.69) is 40.3 Å². The molecule has 3 heteroatoms. The summed E-state index contributed by atoms with van der Waals surface area (Å²) in [4.78, 5) is 0. The van der Waals surface area contributed by atoms with E-state index in [4.69, 9.17) is 11.6 Å². The van der Waals surface area contributed by atoms with Gasteiger partial charge in [0, 0.05) is 15.5 Å². The van der Waals surface area contributed by atoms with E-state index in [0.717, 1.165) is 38.7 Å². The fourth-order valence-corrected chi connectivity index (χ4v) is 5.83. The van der Waals surface area contributed by atoms with E-state index in [0.29, 0.717) is 6.04 Å². The molecule has 1 N–H and O–H groups in total. The second-order valence-electron chi connectivity index (χ2n) is 7.18. The minimum absolute atomic E-state index is 0.665. The van der Waals surface area contributed by atoms with Crippen molar-refractivity contribution in [1.29, 1.82) is 0 Å². The Morgan fingerprint density at radius 2 is 1.65 bits per heavy atom. The zero-order valence-corrected chi connectivity index (χ0v) is 14.2. The summed E-state index contributed by atoms with van der Waals surface area (Å²) >= 11 is 9.98. The number of benzene rings is 1. The standard InChI is InChI=1S/C17H21BrClN/c1-9-2-14(18)16(8-15(9)19)20-17-12-4-10-3-11(6-12)7-13(17)5-10/h2,8,10-13,17,20H,3-7H2,1H3. The van der Waals surface area contributed by atoms with Gasteiger partial charge in [0.2, 0.25) is 0 Å². The molecule has 5 rings (SSSR count). The van der Waals surface area contributed by atoms with E-state index >= 15 is 0 Å². The molecule has 4 saturated carbocycles. The summed E-state index contributed by atoms with van der Waals surface area (Å²) in [6.45, 7) is 2.06. The molecule has 0 unspecified atom stereocenters. The molecule has 0 amide bonds. The first-order valence-corrected chi connectivity index (χ1v) is 8.99. The molecule has 0 radical (unpaired) electrons. The Morgan fingerprint density at radius 1 is 1.05 bits per heavy atom. The molecule has 1 aromatic carbocycles. The van der Waals surface area contributed by atoms with Crippen molar-refractivity contribution < 1.29 is 0 Å². The fourth-order valence-electron chi connectivity index (χ4n) is 5.10. The van der Waals surface area contributed by atoms with Gasteiger partial charge in [-0.05, 0) is 96.3 Å². The number of hydrogen-bond donors (Lipinski definition) is 1. The van der Waals surface area contributed by atoms with Gasteiger partial charge in [0.15, 0.2) is 0 Å². The van der Waals surface area contributed by atoms with Crippen LogP contribution in [0, 0.1) is 30.6 Å². The first-order valence-electron chi connectivity index (χ1n) is 7.82. The van der Waals surface area contributed by atoms with Crippen molar-refractivity contribution in [2.24, 2.45) is 23.7 Å². The average molecular weight is 355 g/mol. The van der Waals surface area contributed by atoms with Crippen molar-refractivity contribution in [3.63, 3.8) is 0 Å². The summed E-state index contributed by atoms with van der Waals surface area (Å²) in [5, 5.41) is 4.69. The molecule has 0 aromatic heterocycles. The SMILES string of the molecule is Cc1cc(Br)c(NC2C3CC4CC(C3)CC2C4)cc1Cl. The first kappa shape index (κ1) is 13.5. The van der Waals surface area contributed by atoms with Crippen LogP contribution in [0.3, 0.4) is 0 Å². The van der Waals surface area contributed by atoms with Crippen LogP contribution in [0.25, 0.3) is 0 Å². The summed E-state index contributed by atoms with van der Waals surface area (Å²) in [6.07, 6.45) is 7.30. The highest BCUT2D eigenvalue weighted by atomic mass is 79.9. The van der Waals surface area contributed by atoms with E-state index in [1.54, 1.807) is 0 Å². The molecule has 0 atom stereocenters. The van der Waals surface area contributed by atoms with Crippen molar-refractivity contribution in [3.05, 3.63) is 27.2 Å². The Hall–Kier alpha value is -0.210. The first-order chi connectivity index (χ1) is 9.60. The number of hydrogen-bond acceptors (Lipinski definition) is 1. The lowest BCUT2D eigenvalue weighted by Gasteiger charge is -2.54. The molecule has 0 heterocycles. The zero-order chi connectivity index (χ0) is 13.9. The average Bonchev–Trinajstić information content (AvgIpc) is 2.38. The van der Waals surface area contributed by atoms with Gasteiger partial charge < -0.3 is 5.32 Å². The van der Waals surface area contributed by atoms with E-state index < -0.39 is 0 Å². The van der Waals surface area contributed by atoms with Crippen molar-refractivity contribution in [1.82, 2.24) is 0 Å². The van der Waals surface area contributed by atoms with E-state index in [-0.39, 0.29) is 0 Å². The largest absolute Gasteiger partial charge is 0.381 e. The van der Waals surface area contributed by atoms with Gasteiger partial charge in [-0.25, -0.2) is 0 Å². The highest BCUT2D eigenvalue weighted by Crippen LogP contribution is 2.54. The van der Waals surface area contributed by atoms with E-state index in [9.17, 15) is 0 Å². The molecule has 108 valence electrons. The third-order valence-electron chi connectivity index (χ3n) is 5.80. The molecule has 0 spiro atoms. The van der Waals surface area contributed by atoms with Crippen LogP contribution in [0.5, 0.6) is 0 Å². The monoisotopic (exact) mass is 353 g/mol. The molecule has 0 saturated heterocycles. The lowest BCUT2D eigenvalue weighted by Crippen LogP contribution is -2.51. The second kappa shape index (κ2) is 4.91. The molecule has 4 aliphatic rings. The predicted octanol–water partition coefficient (Wildman–Crippen LogP) is 5.65. The van der Waals surface area contributed by atoms with Crippen LogP contribution in [0.15, 0.2) is 16.6 Å². The quantitative estimate of drug-likeness (QED) is 0.724. The molecule has 4 aliphatic carbocycles. The molecule has 0 aliphatic heterocycles. The van der Waals surface area contributed by atoms with Gasteiger partial charge in [-0.2, -0.15) is 0 Å². The van der Waals surface area contributed by atoms with Crippen LogP contribution in [-0.2, 0) is 0 Å². The molecule has 4 bridgehead atoms. The predicted molar refractivity (Wildman–Crippen MR) is 88.3 cm³/mol. The molecule has 4 fully saturated rings. The number of anilines is 1. The minimum Gasteiger partial charge on any atom is -0.381 e. The van der Waals surface area contributed by atoms with Crippen molar-refractivity contribution in [2.45, 2.75) is 45.1 Å². The smallest absolute Gasteiger partial charge is 0.0502 e. The number of halogens is 2. The zero-order valence-electron chi connectivity index (χ0n) is 11.8. The van der Waals surface area contributed by atoms with Crippen LogP contribution < -0.4 is 5.32 Å². The third-order valence-corrected chi connectivity index (χ3v) is 6.86. The van der Waals surface area contributed by atoms with Crippen LogP contribution in [0.4, 0.5) is 5.69 Å². The van der Waals surface area contributed by atoms with Gasteiger partial charge in [0.1, 0.15) is 0 Å². The third kappa shape index (κ3) is 2.20. The van der Waals surface area contributed by atoms with Crippen molar-refractivity contribution >= 4 is 33.2 Å². The maximum atomic E-state index is 6.29. The Kier molecular flexibility index (Phi) is 3.30. The lowest BCUT2D eigenvalue weighted by molar-refractivity contribution is 0.00752. The Morgan fingerprint density at radius 3 is 2.25 bits per heavy atom. The summed E-state index contributed by atoms with van der Waals surface area (Å²) in [5.41, 5.74) is 2.31. The van der Waals surface area contributed by atoms with Gasteiger partial charge >= 0.3 is 0 Å². The van der Waals surface area contributed by atoms with Crippen molar-refractivity contribution in [3.8, 4) is 0 Å². The highest BCUT2D eigenvalue weighted by molar-refractivity contribution is 9.10. The molecular weight excluding hydrogens is 334 g/mol. The van der Waals surface area contributed by atoms with Crippen LogP contribution >= 0.6 is 27.5 Å². The fraction of sp³-hybridized carbons (Fsp3) is 0.647. The van der Waals surface area contributed by atoms with E-state index in [1.165, 1.54) is 37.8 Å². The van der Waals surface area contributed by atoms with Crippen molar-refractivity contribution in [2.75, 3.05) is 5.32 Å². The summed E-state index contributed by atoms with van der Waals surface area (Å²) in [5.74, 6) is 3.83. The van der Waals surface area contributed by atoms with E-state index in [1.807, 2.05) is 0 Å². The summed E-state index contributed by atoms with van der Waals surface area (Å²) < 4.78 is 1.15. The summed E-state index contributed by atoms with van der Waals surface area (Å²) in [6, 6.07) is 4.88. The van der Waals surface area contributed by atoms with Crippen LogP contribution in [0.1, 0.15) is 37.7 Å². The molecule has 1 aromatic rings. The maximum absolute atomic E-state index is 6.29. The lowest BCUT2D eigenvalue weighted by atomic mass is 9.54. The highest BCUT2D eigenvalue weighted by Gasteiger charge is 2.48. The second-order valence-corrected chi connectivity index (χ2v) is 8.44. The normalized spacial score (nSPS) is 38.2. The topological polar surface area (TPSA) is 12.0 Å². The van der Waals surface area contributed by atoms with Gasteiger partial charge in [-0.3, -0.25) is 0 Å². The number of nitrogens with one attached hydrogen (secondary N) is 1. The Balaban J connectivity index is 1.59. The molecule has 1 nitrogen and oxygen atoms in total.